The monoisotopic (exact) mass is 525 g/mol. The van der Waals surface area contributed by atoms with Crippen LogP contribution in [0.1, 0.15) is 110 Å². The molecule has 2 unspecified atom stereocenters. The third kappa shape index (κ3) is 7.90. The first-order chi connectivity index (χ1) is 17.3. The Morgan fingerprint density at radius 1 is 0.973 bits per heavy atom. The van der Waals surface area contributed by atoms with E-state index in [1.54, 1.807) is 7.11 Å². The predicted octanol–water partition coefficient (Wildman–Crippen LogP) is 8.93. The van der Waals surface area contributed by atoms with Crippen LogP contribution in [0.3, 0.4) is 0 Å². The Balaban J connectivity index is 2.76. The number of aryl methyl sites for hydroxylation is 1. The first-order valence-corrected chi connectivity index (χ1v) is 15.0. The van der Waals surface area contributed by atoms with Crippen molar-refractivity contribution in [2.75, 3.05) is 13.9 Å². The molecule has 0 fully saturated rings. The predicted molar refractivity (Wildman–Crippen MR) is 165 cm³/mol. The van der Waals surface area contributed by atoms with E-state index in [1.807, 2.05) is 0 Å². The van der Waals surface area contributed by atoms with E-state index in [2.05, 4.69) is 112 Å². The molecule has 0 aliphatic rings. The van der Waals surface area contributed by atoms with Crippen LogP contribution in [0.4, 0.5) is 0 Å². The van der Waals surface area contributed by atoms with E-state index < -0.39 is 0 Å². The molecule has 2 aromatic carbocycles. The molecule has 0 bridgehead atoms. The summed E-state index contributed by atoms with van der Waals surface area (Å²) in [5, 5.41) is 1.32. The van der Waals surface area contributed by atoms with Gasteiger partial charge in [-0.05, 0) is 62.7 Å². The van der Waals surface area contributed by atoms with E-state index in [-0.39, 0.29) is 22.9 Å². The second-order valence-corrected chi connectivity index (χ2v) is 13.8. The molecular weight excluding hydrogens is 473 g/mol. The van der Waals surface area contributed by atoms with Crippen molar-refractivity contribution in [3.63, 3.8) is 0 Å². The van der Waals surface area contributed by atoms with Crippen LogP contribution in [0.15, 0.2) is 41.4 Å². The van der Waals surface area contributed by atoms with E-state index >= 15 is 0 Å². The van der Waals surface area contributed by atoms with Gasteiger partial charge in [0.05, 0.1) is 5.54 Å². The fourth-order valence-corrected chi connectivity index (χ4v) is 6.72. The Morgan fingerprint density at radius 3 is 2.16 bits per heavy atom. The summed E-state index contributed by atoms with van der Waals surface area (Å²) < 4.78 is 12.0. The number of methoxy groups -OCH3 is 1. The number of nitrogens with zero attached hydrogens (tertiary/aromatic N) is 1. The molecule has 2 aromatic rings. The SMILES string of the molecule is CCCC(C)C(C)(C)c1cc(C)cc(C(CC)(CC)Pc2ccccc2/C=N/C(C)(C)C)c1OCOC. The molecule has 0 saturated carbocycles. The summed E-state index contributed by atoms with van der Waals surface area (Å²) in [6.45, 7) is 23.0. The average molecular weight is 526 g/mol. The third-order valence-corrected chi connectivity index (χ3v) is 10.0. The Kier molecular flexibility index (Phi) is 11.4. The largest absolute Gasteiger partial charge is 0.467 e. The maximum atomic E-state index is 6.51. The van der Waals surface area contributed by atoms with E-state index in [0.717, 1.165) is 18.6 Å². The lowest BCUT2D eigenvalue weighted by molar-refractivity contribution is 0.0479. The van der Waals surface area contributed by atoms with Crippen molar-refractivity contribution in [1.82, 2.24) is 0 Å². The molecule has 0 radical (unpaired) electrons. The summed E-state index contributed by atoms with van der Waals surface area (Å²) in [4.78, 5) is 4.84. The maximum Gasteiger partial charge on any atom is 0.188 e. The molecule has 3 nitrogen and oxygen atoms in total. The lowest BCUT2D eigenvalue weighted by Gasteiger charge is -2.39. The second kappa shape index (κ2) is 13.4. The highest BCUT2D eigenvalue weighted by Crippen LogP contribution is 2.53. The smallest absolute Gasteiger partial charge is 0.188 e. The zero-order valence-corrected chi connectivity index (χ0v) is 26.4. The van der Waals surface area contributed by atoms with Crippen LogP contribution in [0.2, 0.25) is 0 Å². The second-order valence-electron chi connectivity index (χ2n) is 12.1. The summed E-state index contributed by atoms with van der Waals surface area (Å²) in [7, 11) is 2.30. The molecule has 2 rings (SSSR count). The average Bonchev–Trinajstić information content (AvgIpc) is 2.85. The van der Waals surface area contributed by atoms with Gasteiger partial charge in [-0.15, -0.1) is 0 Å². The third-order valence-electron chi connectivity index (χ3n) is 7.85. The number of aliphatic imine (C=N–C) groups is 1. The van der Waals surface area contributed by atoms with E-state index in [0.29, 0.717) is 14.5 Å². The summed E-state index contributed by atoms with van der Waals surface area (Å²) in [6, 6.07) is 13.5. The maximum absolute atomic E-state index is 6.51. The molecule has 0 aromatic heterocycles. The Hall–Kier alpha value is -1.70. The van der Waals surface area contributed by atoms with Gasteiger partial charge in [0.2, 0.25) is 0 Å². The first kappa shape index (κ1) is 31.5. The van der Waals surface area contributed by atoms with Gasteiger partial charge in [-0.3, -0.25) is 4.99 Å². The first-order valence-electron chi connectivity index (χ1n) is 14.0. The highest BCUT2D eigenvalue weighted by molar-refractivity contribution is 7.48. The number of hydrogen-bond acceptors (Lipinski definition) is 3. The van der Waals surface area contributed by atoms with Crippen LogP contribution in [-0.2, 0) is 15.3 Å². The van der Waals surface area contributed by atoms with Crippen LogP contribution < -0.4 is 10.0 Å². The van der Waals surface area contributed by atoms with Gasteiger partial charge in [-0.25, -0.2) is 0 Å². The normalized spacial score (nSPS) is 14.1. The minimum Gasteiger partial charge on any atom is -0.467 e. The quantitative estimate of drug-likeness (QED) is 0.148. The number of rotatable bonds is 13. The summed E-state index contributed by atoms with van der Waals surface area (Å²) in [6.07, 6.45) is 6.50. The number of benzene rings is 2. The molecule has 0 amide bonds. The van der Waals surface area contributed by atoms with Gasteiger partial charge in [0.1, 0.15) is 5.75 Å². The fraction of sp³-hybridized carbons (Fsp3) is 0.606. The molecule has 0 N–H and O–H groups in total. The zero-order valence-electron chi connectivity index (χ0n) is 25.4. The van der Waals surface area contributed by atoms with Crippen molar-refractivity contribution >= 4 is 20.1 Å². The van der Waals surface area contributed by atoms with Gasteiger partial charge in [0.25, 0.3) is 0 Å². The topological polar surface area (TPSA) is 30.8 Å². The highest BCUT2D eigenvalue weighted by Gasteiger charge is 2.38. The summed E-state index contributed by atoms with van der Waals surface area (Å²) >= 11 is 0. The fourth-order valence-electron chi connectivity index (χ4n) is 5.06. The lowest BCUT2D eigenvalue weighted by atomic mass is 9.70. The van der Waals surface area contributed by atoms with E-state index in [9.17, 15) is 0 Å². The van der Waals surface area contributed by atoms with Gasteiger partial charge >= 0.3 is 0 Å². The molecule has 0 aliphatic carbocycles. The van der Waals surface area contributed by atoms with Gasteiger partial charge in [-0.1, -0.05) is 105 Å². The minimum atomic E-state index is -0.101. The molecule has 206 valence electrons. The van der Waals surface area contributed by atoms with Crippen LogP contribution in [0.25, 0.3) is 0 Å². The van der Waals surface area contributed by atoms with Crippen LogP contribution in [-0.4, -0.2) is 25.7 Å². The number of ether oxygens (including phenoxy) is 2. The van der Waals surface area contributed by atoms with Gasteiger partial charge in [-0.2, -0.15) is 0 Å². The van der Waals surface area contributed by atoms with Crippen molar-refractivity contribution in [2.45, 2.75) is 111 Å². The van der Waals surface area contributed by atoms with Crippen molar-refractivity contribution < 1.29 is 9.47 Å². The standard InChI is InChI=1S/C33H52NO2P/c1-12-17-25(5)32(9,10)27-20-24(4)21-28(30(27)36-23-35-11)33(13-2,14-3)37-29-19-16-15-18-26(29)22-34-31(6,7)8/h15-16,18-22,25,37H,12-14,17,23H2,1-11H3/b34-22+. The zero-order chi connectivity index (χ0) is 27.9. The Labute approximate surface area is 229 Å². The summed E-state index contributed by atoms with van der Waals surface area (Å²) in [5.74, 6) is 1.56. The summed E-state index contributed by atoms with van der Waals surface area (Å²) in [5.41, 5.74) is 5.02. The molecule has 0 heterocycles. The minimum absolute atomic E-state index is 0.0204. The molecule has 37 heavy (non-hydrogen) atoms. The van der Waals surface area contributed by atoms with Crippen molar-refractivity contribution in [1.29, 1.82) is 0 Å². The molecule has 4 heteroatoms. The Morgan fingerprint density at radius 2 is 1.59 bits per heavy atom. The molecular formula is C33H52NO2P. The van der Waals surface area contributed by atoms with E-state index in [1.165, 1.54) is 40.4 Å². The van der Waals surface area contributed by atoms with E-state index in [4.69, 9.17) is 14.5 Å². The molecule has 2 atom stereocenters. The molecule has 0 aliphatic heterocycles. The van der Waals surface area contributed by atoms with Gasteiger partial charge < -0.3 is 9.47 Å². The molecule has 0 spiro atoms. The van der Waals surface area contributed by atoms with Crippen molar-refractivity contribution in [2.24, 2.45) is 10.9 Å². The van der Waals surface area contributed by atoms with Gasteiger partial charge in [0.15, 0.2) is 6.79 Å². The lowest BCUT2D eigenvalue weighted by Crippen LogP contribution is -2.30. The van der Waals surface area contributed by atoms with Gasteiger partial charge in [0, 0.05) is 29.6 Å². The van der Waals surface area contributed by atoms with Crippen LogP contribution in [0.5, 0.6) is 5.75 Å². The van der Waals surface area contributed by atoms with Crippen molar-refractivity contribution in [3.05, 3.63) is 58.7 Å². The van der Waals surface area contributed by atoms with Crippen molar-refractivity contribution in [3.8, 4) is 5.75 Å². The van der Waals surface area contributed by atoms with Crippen LogP contribution in [0, 0.1) is 12.8 Å². The molecule has 0 saturated heterocycles. The highest BCUT2D eigenvalue weighted by atomic mass is 31.1. The van der Waals surface area contributed by atoms with Crippen LogP contribution >= 0.6 is 8.58 Å². The Bertz CT molecular complexity index is 1030. The number of hydrogen-bond donors (Lipinski definition) is 0.